The van der Waals surface area contributed by atoms with Gasteiger partial charge in [-0.1, -0.05) is 13.8 Å². The van der Waals surface area contributed by atoms with Crippen LogP contribution in [0.1, 0.15) is 25.8 Å². The summed E-state index contributed by atoms with van der Waals surface area (Å²) in [5, 5.41) is 18.0. The van der Waals surface area contributed by atoms with Crippen molar-refractivity contribution in [3.05, 3.63) is 18.0 Å². The Hall–Kier alpha value is -2.05. The molecule has 1 rings (SSSR count). The molecule has 0 fully saturated rings. The molecule has 1 aromatic heterocycles. The molecule has 19 heavy (non-hydrogen) atoms. The Morgan fingerprint density at radius 3 is 2.63 bits per heavy atom. The fourth-order valence-corrected chi connectivity index (χ4v) is 1.65. The van der Waals surface area contributed by atoms with Crippen LogP contribution < -0.4 is 10.6 Å². The number of hydrogen-bond acceptors (Lipinski definition) is 3. The van der Waals surface area contributed by atoms with Crippen molar-refractivity contribution in [2.24, 2.45) is 13.0 Å². The van der Waals surface area contributed by atoms with Crippen LogP contribution in [0, 0.1) is 5.92 Å². The fourth-order valence-electron chi connectivity index (χ4n) is 1.65. The van der Waals surface area contributed by atoms with Gasteiger partial charge in [-0.15, -0.1) is 0 Å². The van der Waals surface area contributed by atoms with Crippen molar-refractivity contribution in [2.75, 3.05) is 0 Å². The van der Waals surface area contributed by atoms with Crippen LogP contribution in [0.2, 0.25) is 0 Å². The van der Waals surface area contributed by atoms with E-state index in [1.807, 2.05) is 13.8 Å². The van der Waals surface area contributed by atoms with E-state index < -0.39 is 18.0 Å². The lowest BCUT2D eigenvalue weighted by molar-refractivity contribution is -0.139. The molecule has 1 unspecified atom stereocenters. The van der Waals surface area contributed by atoms with Gasteiger partial charge in [0.15, 0.2) is 0 Å². The molecule has 2 amide bonds. The van der Waals surface area contributed by atoms with E-state index in [1.165, 1.54) is 0 Å². The highest BCUT2D eigenvalue weighted by atomic mass is 16.4. The Kier molecular flexibility index (Phi) is 5.35. The highest BCUT2D eigenvalue weighted by Gasteiger charge is 2.20. The first-order chi connectivity index (χ1) is 8.88. The fraction of sp³-hybridized carbons (Fsp3) is 0.583. The topological polar surface area (TPSA) is 96.3 Å². The van der Waals surface area contributed by atoms with Gasteiger partial charge in [-0.25, -0.2) is 9.59 Å². The van der Waals surface area contributed by atoms with Crippen molar-refractivity contribution in [1.82, 2.24) is 20.4 Å². The SMILES string of the molecule is CC(C)CC(NC(=O)NCc1cnn(C)c1)C(=O)O. The highest BCUT2D eigenvalue weighted by Crippen LogP contribution is 2.04. The quantitative estimate of drug-likeness (QED) is 0.708. The normalized spacial score (nSPS) is 12.2. The number of amides is 2. The van der Waals surface area contributed by atoms with Gasteiger partial charge in [0.05, 0.1) is 6.20 Å². The lowest BCUT2D eigenvalue weighted by atomic mass is 10.0. The van der Waals surface area contributed by atoms with E-state index in [0.29, 0.717) is 13.0 Å². The van der Waals surface area contributed by atoms with E-state index in [9.17, 15) is 9.59 Å². The minimum absolute atomic E-state index is 0.194. The molecule has 7 heteroatoms. The molecule has 0 aliphatic carbocycles. The summed E-state index contributed by atoms with van der Waals surface area (Å²) in [7, 11) is 1.78. The van der Waals surface area contributed by atoms with Gasteiger partial charge in [0.25, 0.3) is 0 Å². The molecule has 0 bridgehead atoms. The maximum atomic E-state index is 11.6. The average molecular weight is 268 g/mol. The van der Waals surface area contributed by atoms with Crippen LogP contribution in [0.4, 0.5) is 4.79 Å². The molecule has 7 nitrogen and oxygen atoms in total. The predicted molar refractivity (Wildman–Crippen MR) is 69.5 cm³/mol. The monoisotopic (exact) mass is 268 g/mol. The first kappa shape index (κ1) is 15.0. The average Bonchev–Trinajstić information content (AvgIpc) is 2.71. The molecule has 0 radical (unpaired) electrons. The smallest absolute Gasteiger partial charge is 0.326 e. The Balaban J connectivity index is 2.42. The third kappa shape index (κ3) is 5.41. The summed E-state index contributed by atoms with van der Waals surface area (Å²) < 4.78 is 1.63. The van der Waals surface area contributed by atoms with Gasteiger partial charge in [0, 0.05) is 25.4 Å². The van der Waals surface area contributed by atoms with E-state index in [0.717, 1.165) is 5.56 Å². The van der Waals surface area contributed by atoms with Gasteiger partial charge in [-0.05, 0) is 12.3 Å². The zero-order valence-electron chi connectivity index (χ0n) is 11.4. The van der Waals surface area contributed by atoms with Crippen LogP contribution in [-0.2, 0) is 18.4 Å². The van der Waals surface area contributed by atoms with E-state index in [1.54, 1.807) is 24.1 Å². The van der Waals surface area contributed by atoms with Crippen LogP contribution in [0.25, 0.3) is 0 Å². The lowest BCUT2D eigenvalue weighted by Gasteiger charge is -2.16. The zero-order chi connectivity index (χ0) is 14.4. The maximum Gasteiger partial charge on any atom is 0.326 e. The van der Waals surface area contributed by atoms with Crippen molar-refractivity contribution < 1.29 is 14.7 Å². The number of carbonyl (C=O) groups excluding carboxylic acids is 1. The molecule has 106 valence electrons. The van der Waals surface area contributed by atoms with Crippen LogP contribution in [0.5, 0.6) is 0 Å². The largest absolute Gasteiger partial charge is 0.480 e. The molecule has 0 aromatic carbocycles. The standard InChI is InChI=1S/C12H20N4O3/c1-8(2)4-10(11(17)18)15-12(19)13-5-9-6-14-16(3)7-9/h6-8,10H,4-5H2,1-3H3,(H,17,18)(H2,13,15,19). The number of aromatic nitrogens is 2. The second kappa shape index (κ2) is 6.77. The number of aliphatic carboxylic acids is 1. The number of rotatable bonds is 6. The summed E-state index contributed by atoms with van der Waals surface area (Å²) in [6.45, 7) is 4.13. The number of carboxylic acid groups (broad SMARTS) is 1. The van der Waals surface area contributed by atoms with Crippen molar-refractivity contribution in [3.63, 3.8) is 0 Å². The third-order valence-corrected chi connectivity index (χ3v) is 2.52. The van der Waals surface area contributed by atoms with E-state index in [2.05, 4.69) is 15.7 Å². The first-order valence-electron chi connectivity index (χ1n) is 6.13. The molecule has 0 saturated carbocycles. The number of nitrogens with zero attached hydrogens (tertiary/aromatic N) is 2. The van der Waals surface area contributed by atoms with Crippen LogP contribution >= 0.6 is 0 Å². The Labute approximate surface area is 112 Å². The summed E-state index contributed by atoms with van der Waals surface area (Å²) in [5.41, 5.74) is 0.855. The summed E-state index contributed by atoms with van der Waals surface area (Å²) in [5.74, 6) is -0.829. The molecular formula is C12H20N4O3. The van der Waals surface area contributed by atoms with Gasteiger partial charge in [0.1, 0.15) is 6.04 Å². The number of carboxylic acids is 1. The molecule has 1 atom stereocenters. The second-order valence-electron chi connectivity index (χ2n) is 4.87. The van der Waals surface area contributed by atoms with Gasteiger partial charge in [-0.2, -0.15) is 5.10 Å². The van der Waals surface area contributed by atoms with Gasteiger partial charge >= 0.3 is 12.0 Å². The Morgan fingerprint density at radius 2 is 2.16 bits per heavy atom. The number of nitrogens with one attached hydrogen (secondary N) is 2. The van der Waals surface area contributed by atoms with Crippen LogP contribution in [0.15, 0.2) is 12.4 Å². The number of hydrogen-bond donors (Lipinski definition) is 3. The van der Waals surface area contributed by atoms with E-state index >= 15 is 0 Å². The highest BCUT2D eigenvalue weighted by molar-refractivity contribution is 5.82. The van der Waals surface area contributed by atoms with Crippen molar-refractivity contribution in [2.45, 2.75) is 32.9 Å². The maximum absolute atomic E-state index is 11.6. The van der Waals surface area contributed by atoms with Crippen molar-refractivity contribution in [3.8, 4) is 0 Å². The number of carbonyl (C=O) groups is 2. The predicted octanol–water partition coefficient (Wildman–Crippen LogP) is 0.719. The lowest BCUT2D eigenvalue weighted by Crippen LogP contribution is -2.46. The molecule has 0 saturated heterocycles. The summed E-state index contributed by atoms with van der Waals surface area (Å²) in [4.78, 5) is 22.6. The third-order valence-electron chi connectivity index (χ3n) is 2.52. The molecule has 0 aliphatic heterocycles. The summed E-state index contributed by atoms with van der Waals surface area (Å²) in [6.07, 6.45) is 3.82. The van der Waals surface area contributed by atoms with Gasteiger partial charge in [0.2, 0.25) is 0 Å². The van der Waals surface area contributed by atoms with Crippen molar-refractivity contribution >= 4 is 12.0 Å². The number of urea groups is 1. The second-order valence-corrected chi connectivity index (χ2v) is 4.87. The van der Waals surface area contributed by atoms with Crippen molar-refractivity contribution in [1.29, 1.82) is 0 Å². The molecule has 3 N–H and O–H groups in total. The van der Waals surface area contributed by atoms with Gasteiger partial charge in [-0.3, -0.25) is 4.68 Å². The molecule has 0 aliphatic rings. The zero-order valence-corrected chi connectivity index (χ0v) is 11.4. The van der Waals surface area contributed by atoms with E-state index in [-0.39, 0.29) is 5.92 Å². The van der Waals surface area contributed by atoms with Crippen LogP contribution in [0.3, 0.4) is 0 Å². The van der Waals surface area contributed by atoms with Crippen LogP contribution in [-0.4, -0.2) is 32.9 Å². The molecular weight excluding hydrogens is 248 g/mol. The first-order valence-corrected chi connectivity index (χ1v) is 6.13. The number of aryl methyl sites for hydroxylation is 1. The minimum atomic E-state index is -1.02. The molecule has 1 heterocycles. The summed E-state index contributed by atoms with van der Waals surface area (Å²) >= 11 is 0. The minimum Gasteiger partial charge on any atom is -0.480 e. The molecule has 1 aromatic rings. The Bertz CT molecular complexity index is 442. The molecule has 0 spiro atoms. The van der Waals surface area contributed by atoms with Gasteiger partial charge < -0.3 is 15.7 Å². The summed E-state index contributed by atoms with van der Waals surface area (Å²) in [6, 6.07) is -1.36. The Morgan fingerprint density at radius 1 is 1.47 bits per heavy atom. The van der Waals surface area contributed by atoms with E-state index in [4.69, 9.17) is 5.11 Å².